The van der Waals surface area contributed by atoms with Crippen molar-refractivity contribution >= 4 is 60.4 Å². The number of fused-ring (bicyclic) bond motifs is 8. The van der Waals surface area contributed by atoms with Crippen LogP contribution in [0.2, 0.25) is 0 Å². The number of aromatic nitrogens is 1. The average Bonchev–Trinajstić information content (AvgIpc) is 3.87. The van der Waals surface area contributed by atoms with E-state index in [4.69, 9.17) is 0 Å². The minimum atomic E-state index is -0.487. The van der Waals surface area contributed by atoms with E-state index in [1.165, 1.54) is 87.9 Å². The van der Waals surface area contributed by atoms with E-state index in [0.29, 0.717) is 0 Å². The second-order valence-corrected chi connectivity index (χ2v) is 17.3. The summed E-state index contributed by atoms with van der Waals surface area (Å²) < 4.78 is 2.43. The molecule has 1 aliphatic carbocycles. The van der Waals surface area contributed by atoms with Gasteiger partial charge in [0, 0.05) is 33.5 Å². The molecule has 2 nitrogen and oxygen atoms in total. The van der Waals surface area contributed by atoms with Gasteiger partial charge in [-0.15, -0.1) is 0 Å². The zero-order chi connectivity index (χ0) is 42.9. The molecule has 0 bridgehead atoms. The Morgan fingerprint density at radius 2 is 0.785 bits per heavy atom. The van der Waals surface area contributed by atoms with Crippen molar-refractivity contribution in [3.63, 3.8) is 0 Å². The maximum absolute atomic E-state index is 2.49. The van der Waals surface area contributed by atoms with Gasteiger partial charge in [0.1, 0.15) is 0 Å². The van der Waals surface area contributed by atoms with E-state index in [1.807, 2.05) is 0 Å². The van der Waals surface area contributed by atoms with Crippen LogP contribution in [0.15, 0.2) is 255 Å². The van der Waals surface area contributed by atoms with Gasteiger partial charge in [-0.1, -0.05) is 182 Å². The lowest BCUT2D eigenvalue weighted by atomic mass is 9.67. The molecule has 65 heavy (non-hydrogen) atoms. The normalized spacial score (nSPS) is 12.7. The molecule has 13 rings (SSSR count). The van der Waals surface area contributed by atoms with Crippen LogP contribution in [0.5, 0.6) is 0 Å². The highest BCUT2D eigenvalue weighted by Crippen LogP contribution is 2.56. The molecule has 0 spiro atoms. The summed E-state index contributed by atoms with van der Waals surface area (Å²) in [6.45, 7) is 0. The van der Waals surface area contributed by atoms with Crippen molar-refractivity contribution in [3.05, 3.63) is 277 Å². The Bertz CT molecular complexity index is 3640. The van der Waals surface area contributed by atoms with Crippen LogP contribution in [0.1, 0.15) is 22.3 Å². The first-order valence-corrected chi connectivity index (χ1v) is 22.5. The van der Waals surface area contributed by atoms with Crippen LogP contribution in [0, 0.1) is 0 Å². The second-order valence-electron chi connectivity index (χ2n) is 17.3. The van der Waals surface area contributed by atoms with Crippen LogP contribution in [0.25, 0.3) is 71.3 Å². The minimum Gasteiger partial charge on any atom is -0.310 e. The summed E-state index contributed by atoms with van der Waals surface area (Å²) >= 11 is 0. The monoisotopic (exact) mass is 826 g/mol. The molecule has 12 aromatic rings. The summed E-state index contributed by atoms with van der Waals surface area (Å²) in [4.78, 5) is 2.38. The molecule has 11 aromatic carbocycles. The molecule has 1 heterocycles. The molecule has 0 aliphatic heterocycles. The molecule has 0 unspecified atom stereocenters. The molecule has 1 aliphatic rings. The van der Waals surface area contributed by atoms with Gasteiger partial charge >= 0.3 is 0 Å². The first-order valence-electron chi connectivity index (χ1n) is 22.5. The van der Waals surface area contributed by atoms with Crippen molar-refractivity contribution in [2.45, 2.75) is 5.41 Å². The first kappa shape index (κ1) is 37.1. The summed E-state index contributed by atoms with van der Waals surface area (Å²) in [5, 5.41) is 7.35. The SMILES string of the molecule is c1ccc(-n2c3ccc(-c4ccc(N(c5ccc6ccccc6c5)c5ccc6ccccc6c5)cc4)cc3c3cc(C4(c5ccccc5)c5ccccc5-c5ccccc54)ccc32)cc1. The van der Waals surface area contributed by atoms with Gasteiger partial charge in [0.2, 0.25) is 0 Å². The molecular formula is C63H42N2. The third-order valence-electron chi connectivity index (χ3n) is 13.8. The molecule has 2 heteroatoms. The highest BCUT2D eigenvalue weighted by Gasteiger charge is 2.46. The fourth-order valence-corrected chi connectivity index (χ4v) is 10.9. The minimum absolute atomic E-state index is 0.487. The third kappa shape index (κ3) is 5.81. The largest absolute Gasteiger partial charge is 0.310 e. The molecule has 0 fully saturated rings. The average molecular weight is 827 g/mol. The van der Waals surface area contributed by atoms with Gasteiger partial charge in [-0.05, 0) is 139 Å². The summed E-state index contributed by atoms with van der Waals surface area (Å²) in [6, 6.07) is 93.9. The van der Waals surface area contributed by atoms with E-state index in [0.717, 1.165) is 22.7 Å². The standard InChI is InChI=1S/C63H42N2/c1-3-19-49(20-4-1)63(59-25-13-11-23-55(59)56-24-12-14-26-60(56)63)50-32-38-62-58(42-50)57-41-48(31-37-61(57)65(62)51-21-5-2-6-22-51)45-27-33-52(34-28-45)64(53-35-29-43-15-7-9-17-46(43)39-53)54-36-30-44-16-8-10-18-47(44)40-54/h1-42H. The van der Waals surface area contributed by atoms with Crippen LogP contribution >= 0.6 is 0 Å². The highest BCUT2D eigenvalue weighted by atomic mass is 15.1. The van der Waals surface area contributed by atoms with Gasteiger partial charge in [0.05, 0.1) is 16.4 Å². The number of hydrogen-bond donors (Lipinski definition) is 0. The van der Waals surface area contributed by atoms with Gasteiger partial charge in [-0.25, -0.2) is 0 Å². The van der Waals surface area contributed by atoms with Crippen LogP contribution in [-0.2, 0) is 5.41 Å². The maximum Gasteiger partial charge on any atom is 0.0713 e. The maximum atomic E-state index is 2.49. The smallest absolute Gasteiger partial charge is 0.0713 e. The van der Waals surface area contributed by atoms with Crippen LogP contribution < -0.4 is 4.90 Å². The Morgan fingerprint density at radius 3 is 1.40 bits per heavy atom. The van der Waals surface area contributed by atoms with E-state index in [9.17, 15) is 0 Å². The first-order chi connectivity index (χ1) is 32.2. The number of benzene rings is 11. The Morgan fingerprint density at radius 1 is 0.308 bits per heavy atom. The van der Waals surface area contributed by atoms with Crippen molar-refractivity contribution < 1.29 is 0 Å². The zero-order valence-corrected chi connectivity index (χ0v) is 35.6. The molecule has 0 N–H and O–H groups in total. The van der Waals surface area contributed by atoms with Gasteiger partial charge in [0.25, 0.3) is 0 Å². The van der Waals surface area contributed by atoms with Crippen molar-refractivity contribution in [1.29, 1.82) is 0 Å². The van der Waals surface area contributed by atoms with Crippen molar-refractivity contribution in [3.8, 4) is 27.9 Å². The van der Waals surface area contributed by atoms with Crippen LogP contribution in [-0.4, -0.2) is 4.57 Å². The number of hydrogen-bond acceptors (Lipinski definition) is 1. The fourth-order valence-electron chi connectivity index (χ4n) is 10.9. The van der Waals surface area contributed by atoms with Crippen molar-refractivity contribution in [2.24, 2.45) is 0 Å². The van der Waals surface area contributed by atoms with E-state index < -0.39 is 5.41 Å². The number of nitrogens with zero attached hydrogens (tertiary/aromatic N) is 2. The molecule has 304 valence electrons. The molecule has 0 saturated heterocycles. The number of para-hydroxylation sites is 1. The Hall–Kier alpha value is -8.46. The topological polar surface area (TPSA) is 8.17 Å². The molecule has 0 radical (unpaired) electrons. The third-order valence-corrected chi connectivity index (χ3v) is 13.8. The summed E-state index contributed by atoms with van der Waals surface area (Å²) in [5.41, 5.74) is 16.5. The van der Waals surface area contributed by atoms with Gasteiger partial charge in [0.15, 0.2) is 0 Å². The Labute approximate surface area is 378 Å². The molecule has 0 saturated carbocycles. The Balaban J connectivity index is 0.986. The zero-order valence-electron chi connectivity index (χ0n) is 35.6. The molecule has 1 aromatic heterocycles. The highest BCUT2D eigenvalue weighted by molar-refractivity contribution is 6.11. The van der Waals surface area contributed by atoms with Crippen LogP contribution in [0.4, 0.5) is 17.1 Å². The predicted molar refractivity (Wildman–Crippen MR) is 273 cm³/mol. The van der Waals surface area contributed by atoms with Crippen LogP contribution in [0.3, 0.4) is 0 Å². The van der Waals surface area contributed by atoms with E-state index in [-0.39, 0.29) is 0 Å². The van der Waals surface area contributed by atoms with E-state index >= 15 is 0 Å². The lowest BCUT2D eigenvalue weighted by molar-refractivity contribution is 0.770. The summed E-state index contributed by atoms with van der Waals surface area (Å²) in [5.74, 6) is 0. The molecule has 0 amide bonds. The predicted octanol–water partition coefficient (Wildman–Crippen LogP) is 16.6. The quantitative estimate of drug-likeness (QED) is 0.155. The Kier molecular flexibility index (Phi) is 8.47. The molecule has 0 atom stereocenters. The van der Waals surface area contributed by atoms with Gasteiger partial charge in [-0.2, -0.15) is 0 Å². The van der Waals surface area contributed by atoms with Crippen molar-refractivity contribution in [2.75, 3.05) is 4.90 Å². The number of anilines is 3. The fraction of sp³-hybridized carbons (Fsp3) is 0.0159. The van der Waals surface area contributed by atoms with E-state index in [1.54, 1.807) is 0 Å². The lowest BCUT2D eigenvalue weighted by Crippen LogP contribution is -2.28. The van der Waals surface area contributed by atoms with Crippen molar-refractivity contribution in [1.82, 2.24) is 4.57 Å². The number of rotatable bonds is 7. The van der Waals surface area contributed by atoms with Gasteiger partial charge in [-0.3, -0.25) is 0 Å². The summed E-state index contributed by atoms with van der Waals surface area (Å²) in [6.07, 6.45) is 0. The second kappa shape index (κ2) is 14.8. The molecular weight excluding hydrogens is 785 g/mol. The summed E-state index contributed by atoms with van der Waals surface area (Å²) in [7, 11) is 0. The van der Waals surface area contributed by atoms with E-state index in [2.05, 4.69) is 264 Å². The lowest BCUT2D eigenvalue weighted by Gasteiger charge is -2.34. The van der Waals surface area contributed by atoms with Gasteiger partial charge < -0.3 is 9.47 Å².